The summed E-state index contributed by atoms with van der Waals surface area (Å²) in [6, 6.07) is 18.0. The van der Waals surface area contributed by atoms with Gasteiger partial charge in [0.2, 0.25) is 0 Å². The Morgan fingerprint density at radius 1 is 0.848 bits per heavy atom. The van der Waals surface area contributed by atoms with Crippen molar-refractivity contribution in [1.82, 2.24) is 30.0 Å². The van der Waals surface area contributed by atoms with E-state index in [-0.39, 0.29) is 11.9 Å². The predicted octanol–water partition coefficient (Wildman–Crippen LogP) is 4.09. The maximum atomic E-state index is 13.6. The van der Waals surface area contributed by atoms with Crippen LogP contribution in [0.1, 0.15) is 55.1 Å². The van der Waals surface area contributed by atoms with Gasteiger partial charge in [-0.15, -0.1) is 5.10 Å². The second-order valence-electron chi connectivity index (χ2n) is 9.39. The summed E-state index contributed by atoms with van der Waals surface area (Å²) in [6.45, 7) is 4.92. The lowest BCUT2D eigenvalue weighted by Gasteiger charge is -2.31. The highest BCUT2D eigenvalue weighted by atomic mass is 19.1. The molecule has 2 aromatic carbocycles. The fourth-order valence-electron chi connectivity index (χ4n) is 5.45. The molecule has 0 N–H and O–H groups in total. The first-order chi connectivity index (χ1) is 16.3. The molecule has 0 amide bonds. The molecule has 1 aliphatic carbocycles. The summed E-state index contributed by atoms with van der Waals surface area (Å²) in [4.78, 5) is 5.25. The molecule has 2 aliphatic rings. The van der Waals surface area contributed by atoms with Crippen LogP contribution in [0.2, 0.25) is 0 Å². The van der Waals surface area contributed by atoms with E-state index in [0.29, 0.717) is 6.54 Å². The van der Waals surface area contributed by atoms with E-state index in [0.717, 1.165) is 49.9 Å². The van der Waals surface area contributed by atoms with Crippen LogP contribution >= 0.6 is 0 Å². The Kier molecular flexibility index (Phi) is 7.07. The molecule has 5 rings (SSSR count). The van der Waals surface area contributed by atoms with Crippen LogP contribution in [-0.2, 0) is 13.0 Å². The fourth-order valence-corrected chi connectivity index (χ4v) is 5.45. The minimum Gasteiger partial charge on any atom is -0.299 e. The summed E-state index contributed by atoms with van der Waals surface area (Å²) in [5.41, 5.74) is 2.28. The number of halogens is 1. The van der Waals surface area contributed by atoms with Gasteiger partial charge in [-0.2, -0.15) is 0 Å². The Balaban J connectivity index is 1.39. The van der Waals surface area contributed by atoms with Gasteiger partial charge in [0.1, 0.15) is 5.82 Å². The minimum atomic E-state index is -0.203. The smallest absolute Gasteiger partial charge is 0.169 e. The van der Waals surface area contributed by atoms with Gasteiger partial charge < -0.3 is 0 Å². The van der Waals surface area contributed by atoms with E-state index in [1.165, 1.54) is 37.8 Å². The lowest BCUT2D eigenvalue weighted by Crippen LogP contribution is -2.38. The number of benzene rings is 2. The Hall–Kier alpha value is -2.64. The van der Waals surface area contributed by atoms with Crippen molar-refractivity contribution >= 4 is 0 Å². The van der Waals surface area contributed by atoms with Crippen LogP contribution in [0.25, 0.3) is 0 Å². The normalized spacial score (nSPS) is 19.5. The molecule has 2 heterocycles. The van der Waals surface area contributed by atoms with Gasteiger partial charge in [-0.05, 0) is 65.9 Å². The van der Waals surface area contributed by atoms with Crippen molar-refractivity contribution in [2.75, 3.05) is 26.2 Å². The monoisotopic (exact) mass is 448 g/mol. The Labute approximate surface area is 195 Å². The zero-order valence-corrected chi connectivity index (χ0v) is 19.2. The third-order valence-corrected chi connectivity index (χ3v) is 7.22. The fraction of sp³-hybridized carbons (Fsp3) is 0.500. The van der Waals surface area contributed by atoms with E-state index in [9.17, 15) is 4.39 Å². The van der Waals surface area contributed by atoms with Crippen molar-refractivity contribution in [2.45, 2.75) is 57.2 Å². The van der Waals surface area contributed by atoms with Crippen LogP contribution in [0.4, 0.5) is 4.39 Å². The average Bonchev–Trinajstić information content (AvgIpc) is 3.48. The second-order valence-corrected chi connectivity index (χ2v) is 9.39. The first-order valence-corrected chi connectivity index (χ1v) is 12.3. The first kappa shape index (κ1) is 22.2. The van der Waals surface area contributed by atoms with E-state index in [1.54, 1.807) is 12.1 Å². The molecule has 1 saturated heterocycles. The molecule has 33 heavy (non-hydrogen) atoms. The molecule has 7 heteroatoms. The maximum Gasteiger partial charge on any atom is 0.169 e. The molecule has 1 saturated carbocycles. The molecule has 1 unspecified atom stereocenters. The summed E-state index contributed by atoms with van der Waals surface area (Å²) in [5, 5.41) is 12.9. The van der Waals surface area contributed by atoms with Crippen molar-refractivity contribution in [3.63, 3.8) is 0 Å². The SMILES string of the molecule is Fc1ccc(CC(c2nnnn2Cc2ccccc2)N2CCCN(C3CCCC3)CC2)cc1. The summed E-state index contributed by atoms with van der Waals surface area (Å²) in [6.07, 6.45) is 7.33. The van der Waals surface area contributed by atoms with E-state index < -0.39 is 0 Å². The highest BCUT2D eigenvalue weighted by Crippen LogP contribution is 2.28. The van der Waals surface area contributed by atoms with Crippen LogP contribution in [0.15, 0.2) is 54.6 Å². The molecule has 1 aliphatic heterocycles. The number of hydrogen-bond acceptors (Lipinski definition) is 5. The largest absolute Gasteiger partial charge is 0.299 e. The predicted molar refractivity (Wildman–Crippen MR) is 126 cm³/mol. The van der Waals surface area contributed by atoms with Gasteiger partial charge >= 0.3 is 0 Å². The number of tetrazole rings is 1. The molecule has 2 fully saturated rings. The lowest BCUT2D eigenvalue weighted by atomic mass is 10.0. The van der Waals surface area contributed by atoms with Gasteiger partial charge in [-0.1, -0.05) is 55.3 Å². The van der Waals surface area contributed by atoms with E-state index in [2.05, 4.69) is 37.5 Å². The molecular weight excluding hydrogens is 415 g/mol. The number of nitrogens with zero attached hydrogens (tertiary/aromatic N) is 6. The van der Waals surface area contributed by atoms with E-state index in [1.807, 2.05) is 35.0 Å². The van der Waals surface area contributed by atoms with Crippen molar-refractivity contribution in [2.24, 2.45) is 0 Å². The maximum absolute atomic E-state index is 13.6. The topological polar surface area (TPSA) is 50.1 Å². The standard InChI is InChI=1S/C26H33FN6/c27-23-13-11-21(12-14-23)19-25(26-28-29-30-33(26)20-22-7-2-1-3-8-22)32-16-6-15-31(17-18-32)24-9-4-5-10-24/h1-3,7-8,11-14,24-25H,4-6,9-10,15-20H2. The molecule has 0 spiro atoms. The molecule has 0 bridgehead atoms. The van der Waals surface area contributed by atoms with Gasteiger partial charge in [0.25, 0.3) is 0 Å². The van der Waals surface area contributed by atoms with Crippen molar-refractivity contribution < 1.29 is 4.39 Å². The number of rotatable bonds is 7. The van der Waals surface area contributed by atoms with Crippen LogP contribution in [0.3, 0.4) is 0 Å². The van der Waals surface area contributed by atoms with Crippen LogP contribution in [0, 0.1) is 5.82 Å². The van der Waals surface area contributed by atoms with Crippen molar-refractivity contribution in [3.8, 4) is 0 Å². The van der Waals surface area contributed by atoms with Gasteiger partial charge in [0, 0.05) is 25.7 Å². The number of aromatic nitrogens is 4. The quantitative estimate of drug-likeness (QED) is 0.545. The third-order valence-electron chi connectivity index (χ3n) is 7.22. The Morgan fingerprint density at radius 3 is 2.42 bits per heavy atom. The van der Waals surface area contributed by atoms with E-state index in [4.69, 9.17) is 0 Å². The molecule has 1 atom stereocenters. The van der Waals surface area contributed by atoms with E-state index >= 15 is 0 Å². The minimum absolute atomic E-state index is 0.0534. The zero-order valence-electron chi connectivity index (χ0n) is 19.2. The molecule has 174 valence electrons. The van der Waals surface area contributed by atoms with Crippen LogP contribution in [-0.4, -0.2) is 62.2 Å². The Morgan fingerprint density at radius 2 is 1.64 bits per heavy atom. The first-order valence-electron chi connectivity index (χ1n) is 12.3. The summed E-state index contributed by atoms with van der Waals surface area (Å²) in [5.74, 6) is 0.684. The lowest BCUT2D eigenvalue weighted by molar-refractivity contribution is 0.170. The van der Waals surface area contributed by atoms with Gasteiger partial charge in [0.15, 0.2) is 5.82 Å². The molecule has 1 aromatic heterocycles. The van der Waals surface area contributed by atoms with Gasteiger partial charge in [-0.3, -0.25) is 9.80 Å². The molecular formula is C26H33FN6. The summed E-state index contributed by atoms with van der Waals surface area (Å²) in [7, 11) is 0. The summed E-state index contributed by atoms with van der Waals surface area (Å²) >= 11 is 0. The molecule has 0 radical (unpaired) electrons. The highest BCUT2D eigenvalue weighted by Gasteiger charge is 2.30. The Bertz CT molecular complexity index is 999. The third kappa shape index (κ3) is 5.47. The highest BCUT2D eigenvalue weighted by molar-refractivity contribution is 5.19. The van der Waals surface area contributed by atoms with Gasteiger partial charge in [0.05, 0.1) is 12.6 Å². The van der Waals surface area contributed by atoms with Crippen LogP contribution in [0.5, 0.6) is 0 Å². The zero-order chi connectivity index (χ0) is 22.5. The molecule has 6 nitrogen and oxygen atoms in total. The average molecular weight is 449 g/mol. The molecule has 3 aromatic rings. The van der Waals surface area contributed by atoms with Crippen molar-refractivity contribution in [3.05, 3.63) is 77.4 Å². The van der Waals surface area contributed by atoms with Crippen LogP contribution < -0.4 is 0 Å². The van der Waals surface area contributed by atoms with Crippen molar-refractivity contribution in [1.29, 1.82) is 0 Å². The second kappa shape index (κ2) is 10.5. The number of hydrogen-bond donors (Lipinski definition) is 0. The van der Waals surface area contributed by atoms with Gasteiger partial charge in [-0.25, -0.2) is 9.07 Å². The summed E-state index contributed by atoms with van der Waals surface area (Å²) < 4.78 is 15.5.